The van der Waals surface area contributed by atoms with E-state index < -0.39 is 5.97 Å². The highest BCUT2D eigenvalue weighted by atomic mass is 16.4. The van der Waals surface area contributed by atoms with Crippen LogP contribution in [0.1, 0.15) is 38.4 Å². The van der Waals surface area contributed by atoms with Crippen LogP contribution in [0, 0.1) is 20.8 Å². The summed E-state index contributed by atoms with van der Waals surface area (Å²) in [5.41, 5.74) is 8.21. The summed E-state index contributed by atoms with van der Waals surface area (Å²) >= 11 is 0. The van der Waals surface area contributed by atoms with E-state index in [9.17, 15) is 14.7 Å². The molecule has 1 aromatic heterocycles. The summed E-state index contributed by atoms with van der Waals surface area (Å²) < 4.78 is 1.99. The minimum absolute atomic E-state index is 0.189. The molecule has 0 aliphatic rings. The van der Waals surface area contributed by atoms with Crippen LogP contribution in [0.4, 0.5) is 0 Å². The molecule has 0 spiro atoms. The molecule has 0 bridgehead atoms. The molecule has 2 aromatic carbocycles. The molecule has 0 atom stereocenters. The van der Waals surface area contributed by atoms with Gasteiger partial charge in [0.1, 0.15) is 0 Å². The van der Waals surface area contributed by atoms with E-state index in [4.69, 9.17) is 0 Å². The zero-order chi connectivity index (χ0) is 21.0. The number of nitrogens with zero attached hydrogens (tertiary/aromatic N) is 2. The number of nitrogens with one attached hydrogen (secondary N) is 1. The van der Waals surface area contributed by atoms with E-state index >= 15 is 0 Å². The summed E-state index contributed by atoms with van der Waals surface area (Å²) in [7, 11) is 0. The molecule has 29 heavy (non-hydrogen) atoms. The molecule has 0 saturated heterocycles. The van der Waals surface area contributed by atoms with Crippen LogP contribution in [0.2, 0.25) is 0 Å². The maximum Gasteiger partial charge on any atom is 0.335 e. The second kappa shape index (κ2) is 8.56. The molecule has 3 aromatic rings. The number of hydrogen-bond donors (Lipinski definition) is 2. The topological polar surface area (TPSA) is 83.7 Å². The molecule has 6 heteroatoms. The average molecular weight is 389 g/mol. The van der Waals surface area contributed by atoms with Crippen LogP contribution in [0.5, 0.6) is 0 Å². The third-order valence-electron chi connectivity index (χ3n) is 4.77. The molecule has 3 rings (SSSR count). The number of carboxylic acid groups (broad SMARTS) is 1. The third kappa shape index (κ3) is 4.60. The Labute approximate surface area is 169 Å². The van der Waals surface area contributed by atoms with Crippen LogP contribution in [0.15, 0.2) is 59.7 Å². The van der Waals surface area contributed by atoms with Gasteiger partial charge in [-0.15, -0.1) is 0 Å². The minimum Gasteiger partial charge on any atom is -0.478 e. The van der Waals surface area contributed by atoms with Gasteiger partial charge < -0.3 is 9.67 Å². The van der Waals surface area contributed by atoms with E-state index in [1.165, 1.54) is 0 Å². The number of rotatable bonds is 6. The average Bonchev–Trinajstić information content (AvgIpc) is 2.96. The van der Waals surface area contributed by atoms with Crippen LogP contribution in [-0.2, 0) is 11.2 Å². The van der Waals surface area contributed by atoms with Crippen LogP contribution in [-0.4, -0.2) is 27.8 Å². The first-order chi connectivity index (χ1) is 13.9. The highest BCUT2D eigenvalue weighted by Crippen LogP contribution is 2.23. The Kier molecular flexibility index (Phi) is 5.93. The quantitative estimate of drug-likeness (QED) is 0.497. The number of hydrazone groups is 1. The summed E-state index contributed by atoms with van der Waals surface area (Å²) in [6, 6.07) is 16.5. The first kappa shape index (κ1) is 20.1. The number of aryl methyl sites for hydroxylation is 2. The van der Waals surface area contributed by atoms with Crippen molar-refractivity contribution in [2.75, 3.05) is 0 Å². The summed E-state index contributed by atoms with van der Waals surface area (Å²) in [6.45, 7) is 5.83. The molecule has 6 nitrogen and oxygen atoms in total. The maximum absolute atomic E-state index is 12.0. The van der Waals surface area contributed by atoms with Crippen molar-refractivity contribution in [1.29, 1.82) is 0 Å². The smallest absolute Gasteiger partial charge is 0.335 e. The second-order valence-electron chi connectivity index (χ2n) is 6.92. The Morgan fingerprint density at radius 1 is 1.07 bits per heavy atom. The zero-order valence-corrected chi connectivity index (χ0v) is 16.6. The van der Waals surface area contributed by atoms with E-state index in [1.54, 1.807) is 24.4 Å². The molecule has 148 valence electrons. The van der Waals surface area contributed by atoms with Gasteiger partial charge in [-0.25, -0.2) is 10.2 Å². The molecular weight excluding hydrogens is 366 g/mol. The first-order valence-electron chi connectivity index (χ1n) is 9.26. The summed E-state index contributed by atoms with van der Waals surface area (Å²) in [6.07, 6.45) is 1.87. The van der Waals surface area contributed by atoms with Crippen LogP contribution < -0.4 is 5.43 Å². The molecule has 0 saturated carbocycles. The lowest BCUT2D eigenvalue weighted by Gasteiger charge is -2.13. The lowest BCUT2D eigenvalue weighted by molar-refractivity contribution is -0.120. The van der Waals surface area contributed by atoms with Crippen molar-refractivity contribution in [2.24, 2.45) is 5.10 Å². The van der Waals surface area contributed by atoms with Crippen molar-refractivity contribution in [3.05, 3.63) is 88.2 Å². The molecule has 0 unspecified atom stereocenters. The highest BCUT2D eigenvalue weighted by molar-refractivity contribution is 5.89. The zero-order valence-electron chi connectivity index (χ0n) is 16.6. The fourth-order valence-electron chi connectivity index (χ4n) is 3.27. The lowest BCUT2D eigenvalue weighted by Crippen LogP contribution is -2.19. The number of aromatic nitrogens is 1. The number of benzene rings is 2. The molecule has 1 amide bonds. The van der Waals surface area contributed by atoms with Gasteiger partial charge in [0.15, 0.2) is 0 Å². The van der Waals surface area contributed by atoms with E-state index in [0.29, 0.717) is 0 Å². The van der Waals surface area contributed by atoms with Crippen molar-refractivity contribution >= 4 is 18.1 Å². The molecule has 0 fully saturated rings. The predicted molar refractivity (Wildman–Crippen MR) is 113 cm³/mol. The Balaban J connectivity index is 1.79. The summed E-state index contributed by atoms with van der Waals surface area (Å²) in [4.78, 5) is 23.4. The van der Waals surface area contributed by atoms with Crippen LogP contribution >= 0.6 is 0 Å². The van der Waals surface area contributed by atoms with Gasteiger partial charge in [-0.1, -0.05) is 36.4 Å². The SMILES string of the molecule is Cc1ccc(C(=O)O)cc1-n1c(C)cc(/C=N/NC(=O)Cc2ccccc2)c1C. The van der Waals surface area contributed by atoms with Crippen molar-refractivity contribution in [3.8, 4) is 5.69 Å². The number of aromatic carboxylic acids is 1. The molecule has 1 heterocycles. The standard InChI is InChI=1S/C23H23N3O3/c1-15-9-10-19(23(28)29)13-21(15)26-16(2)11-20(17(26)3)14-24-25-22(27)12-18-7-5-4-6-8-18/h4-11,13-14H,12H2,1-3H3,(H,25,27)(H,28,29)/b24-14+. The van der Waals surface area contributed by atoms with Crippen molar-refractivity contribution < 1.29 is 14.7 Å². The van der Waals surface area contributed by atoms with Gasteiger partial charge in [0, 0.05) is 22.6 Å². The van der Waals surface area contributed by atoms with Crippen molar-refractivity contribution in [2.45, 2.75) is 27.2 Å². The van der Waals surface area contributed by atoms with Gasteiger partial charge >= 0.3 is 5.97 Å². The number of carbonyl (C=O) groups is 2. The normalized spacial score (nSPS) is 11.0. The van der Waals surface area contributed by atoms with Crippen molar-refractivity contribution in [1.82, 2.24) is 9.99 Å². The largest absolute Gasteiger partial charge is 0.478 e. The fourth-order valence-corrected chi connectivity index (χ4v) is 3.27. The fraction of sp³-hybridized carbons (Fsp3) is 0.174. The summed E-state index contributed by atoms with van der Waals surface area (Å²) in [5, 5.41) is 13.4. The Hall–Kier alpha value is -3.67. The van der Waals surface area contributed by atoms with E-state index in [1.807, 2.05) is 61.7 Å². The molecular formula is C23H23N3O3. The third-order valence-corrected chi connectivity index (χ3v) is 4.77. The van der Waals surface area contributed by atoms with Gasteiger partial charge in [-0.05, 0) is 50.1 Å². The van der Waals surface area contributed by atoms with Gasteiger partial charge in [-0.2, -0.15) is 5.10 Å². The molecule has 0 radical (unpaired) electrons. The second-order valence-corrected chi connectivity index (χ2v) is 6.92. The summed E-state index contributed by atoms with van der Waals surface area (Å²) in [5.74, 6) is -1.15. The number of hydrogen-bond acceptors (Lipinski definition) is 3. The van der Waals surface area contributed by atoms with E-state index in [2.05, 4.69) is 10.5 Å². The Bertz CT molecular complexity index is 1080. The van der Waals surface area contributed by atoms with Gasteiger partial charge in [-0.3, -0.25) is 4.79 Å². The monoisotopic (exact) mass is 389 g/mol. The molecule has 0 aliphatic heterocycles. The van der Waals surface area contributed by atoms with Gasteiger partial charge in [0.05, 0.1) is 18.2 Å². The molecule has 2 N–H and O–H groups in total. The Morgan fingerprint density at radius 3 is 2.48 bits per heavy atom. The predicted octanol–water partition coefficient (Wildman–Crippen LogP) is 3.79. The van der Waals surface area contributed by atoms with Gasteiger partial charge in [0.2, 0.25) is 5.91 Å². The van der Waals surface area contributed by atoms with Crippen LogP contribution in [0.25, 0.3) is 5.69 Å². The highest BCUT2D eigenvalue weighted by Gasteiger charge is 2.14. The maximum atomic E-state index is 12.0. The number of amides is 1. The van der Waals surface area contributed by atoms with E-state index in [-0.39, 0.29) is 17.9 Å². The molecule has 0 aliphatic carbocycles. The lowest BCUT2D eigenvalue weighted by atomic mass is 10.1. The van der Waals surface area contributed by atoms with Gasteiger partial charge in [0.25, 0.3) is 0 Å². The first-order valence-corrected chi connectivity index (χ1v) is 9.26. The number of carbonyl (C=O) groups excluding carboxylic acids is 1. The van der Waals surface area contributed by atoms with Crippen molar-refractivity contribution in [3.63, 3.8) is 0 Å². The Morgan fingerprint density at radius 2 is 1.79 bits per heavy atom. The van der Waals surface area contributed by atoms with Crippen LogP contribution in [0.3, 0.4) is 0 Å². The van der Waals surface area contributed by atoms with E-state index in [0.717, 1.165) is 33.8 Å². The minimum atomic E-state index is -0.961. The number of carboxylic acids is 1.